The van der Waals surface area contributed by atoms with E-state index in [9.17, 15) is 0 Å². The minimum Gasteiger partial charge on any atom is -0.323 e. The molecule has 2 heterocycles. The van der Waals surface area contributed by atoms with E-state index in [1.807, 2.05) is 13.2 Å². The molecular formula is C11H16N4S. The van der Waals surface area contributed by atoms with Crippen molar-refractivity contribution in [2.75, 3.05) is 0 Å². The molecule has 0 aliphatic rings. The molecule has 0 aliphatic heterocycles. The largest absolute Gasteiger partial charge is 0.323 e. The van der Waals surface area contributed by atoms with Crippen LogP contribution in [0.2, 0.25) is 0 Å². The monoisotopic (exact) mass is 236 g/mol. The van der Waals surface area contributed by atoms with Gasteiger partial charge in [0.1, 0.15) is 0 Å². The van der Waals surface area contributed by atoms with E-state index in [-0.39, 0.29) is 6.04 Å². The van der Waals surface area contributed by atoms with Crippen LogP contribution in [0.5, 0.6) is 0 Å². The summed E-state index contributed by atoms with van der Waals surface area (Å²) in [6.07, 6.45) is 3.70. The van der Waals surface area contributed by atoms with Crippen molar-refractivity contribution < 1.29 is 0 Å². The van der Waals surface area contributed by atoms with Gasteiger partial charge >= 0.3 is 0 Å². The molecule has 0 spiro atoms. The first-order chi connectivity index (χ1) is 7.70. The summed E-state index contributed by atoms with van der Waals surface area (Å²) < 4.78 is 1.71. The minimum absolute atomic E-state index is 0.0339. The van der Waals surface area contributed by atoms with E-state index < -0.39 is 0 Å². The normalized spacial score (nSPS) is 12.9. The average Bonchev–Trinajstić information content (AvgIpc) is 2.86. The molecule has 0 aliphatic carbocycles. The summed E-state index contributed by atoms with van der Waals surface area (Å²) >= 11 is 1.73. The van der Waals surface area contributed by atoms with Crippen LogP contribution in [0.3, 0.4) is 0 Å². The third-order valence-electron chi connectivity index (χ3n) is 2.58. The van der Waals surface area contributed by atoms with Crippen molar-refractivity contribution >= 4 is 11.3 Å². The van der Waals surface area contributed by atoms with Gasteiger partial charge in [0.05, 0.1) is 5.69 Å². The molecule has 2 N–H and O–H groups in total. The quantitative estimate of drug-likeness (QED) is 0.878. The van der Waals surface area contributed by atoms with E-state index in [0.717, 1.165) is 18.5 Å². The Balaban J connectivity index is 2.11. The summed E-state index contributed by atoms with van der Waals surface area (Å²) in [4.78, 5) is 1.27. The molecule has 4 nitrogen and oxygen atoms in total. The van der Waals surface area contributed by atoms with Gasteiger partial charge in [0.2, 0.25) is 0 Å². The molecule has 0 bridgehead atoms. The lowest BCUT2D eigenvalue weighted by molar-refractivity contribution is 0.697. The van der Waals surface area contributed by atoms with E-state index in [2.05, 4.69) is 28.7 Å². The zero-order valence-electron chi connectivity index (χ0n) is 9.55. The van der Waals surface area contributed by atoms with Gasteiger partial charge in [-0.1, -0.05) is 12.1 Å². The Kier molecular flexibility index (Phi) is 3.36. The Morgan fingerprint density at radius 2 is 2.38 bits per heavy atom. The highest BCUT2D eigenvalue weighted by Crippen LogP contribution is 2.25. The van der Waals surface area contributed by atoms with Crippen LogP contribution in [0.4, 0.5) is 0 Å². The zero-order chi connectivity index (χ0) is 11.5. The Morgan fingerprint density at radius 1 is 1.56 bits per heavy atom. The van der Waals surface area contributed by atoms with E-state index in [1.165, 1.54) is 10.4 Å². The number of hydrogen-bond acceptors (Lipinski definition) is 4. The van der Waals surface area contributed by atoms with Crippen LogP contribution in [0.15, 0.2) is 17.6 Å². The van der Waals surface area contributed by atoms with Crippen LogP contribution in [0, 0.1) is 0 Å². The molecule has 1 unspecified atom stereocenters. The van der Waals surface area contributed by atoms with Gasteiger partial charge in [-0.15, -0.1) is 16.4 Å². The molecule has 5 heteroatoms. The fraction of sp³-hybridized carbons (Fsp3) is 0.455. The Labute approximate surface area is 99.1 Å². The van der Waals surface area contributed by atoms with Crippen LogP contribution in [-0.4, -0.2) is 15.0 Å². The average molecular weight is 236 g/mol. The highest BCUT2D eigenvalue weighted by Gasteiger charge is 2.13. The van der Waals surface area contributed by atoms with E-state index >= 15 is 0 Å². The van der Waals surface area contributed by atoms with Gasteiger partial charge in [0.15, 0.2) is 0 Å². The number of rotatable bonds is 4. The molecule has 1 atom stereocenters. The smallest absolute Gasteiger partial charge is 0.0846 e. The standard InChI is InChI=1S/C11H16N4S/c1-3-8-4-5-16-11(8)10(12)6-9-7-15(2)14-13-9/h4-5,7,10H,3,6,12H2,1-2H3. The molecule has 0 aromatic carbocycles. The Hall–Kier alpha value is -1.20. The van der Waals surface area contributed by atoms with Gasteiger partial charge < -0.3 is 5.73 Å². The van der Waals surface area contributed by atoms with Gasteiger partial charge in [0, 0.05) is 30.6 Å². The molecule has 2 rings (SSSR count). The topological polar surface area (TPSA) is 56.7 Å². The Bertz CT molecular complexity index is 460. The van der Waals surface area contributed by atoms with Crippen LogP contribution < -0.4 is 5.73 Å². The Morgan fingerprint density at radius 3 is 3.00 bits per heavy atom. The summed E-state index contributed by atoms with van der Waals surface area (Å²) in [5, 5.41) is 10.1. The lowest BCUT2D eigenvalue weighted by atomic mass is 10.1. The number of hydrogen-bond donors (Lipinski definition) is 1. The second-order valence-electron chi connectivity index (χ2n) is 3.86. The van der Waals surface area contributed by atoms with Crippen LogP contribution in [-0.2, 0) is 19.9 Å². The van der Waals surface area contributed by atoms with Gasteiger partial charge in [-0.05, 0) is 23.4 Å². The zero-order valence-corrected chi connectivity index (χ0v) is 10.4. The molecule has 2 aromatic heterocycles. The SMILES string of the molecule is CCc1ccsc1C(N)Cc1cn(C)nn1. The predicted octanol–water partition coefficient (Wildman–Crippen LogP) is 1.68. The molecule has 0 fully saturated rings. The second-order valence-corrected chi connectivity index (χ2v) is 4.81. The van der Waals surface area contributed by atoms with Crippen molar-refractivity contribution in [1.82, 2.24) is 15.0 Å². The fourth-order valence-corrected chi connectivity index (χ4v) is 2.77. The third kappa shape index (κ3) is 2.31. The van der Waals surface area contributed by atoms with Crippen LogP contribution in [0.1, 0.15) is 29.1 Å². The van der Waals surface area contributed by atoms with Crippen molar-refractivity contribution in [1.29, 1.82) is 0 Å². The maximum Gasteiger partial charge on any atom is 0.0846 e. The van der Waals surface area contributed by atoms with Crippen molar-refractivity contribution in [2.24, 2.45) is 12.8 Å². The highest BCUT2D eigenvalue weighted by atomic mass is 32.1. The summed E-state index contributed by atoms with van der Waals surface area (Å²) in [7, 11) is 1.87. The van der Waals surface area contributed by atoms with Crippen LogP contribution >= 0.6 is 11.3 Å². The molecule has 16 heavy (non-hydrogen) atoms. The fourth-order valence-electron chi connectivity index (χ4n) is 1.77. The van der Waals surface area contributed by atoms with Crippen molar-refractivity contribution in [3.8, 4) is 0 Å². The van der Waals surface area contributed by atoms with Crippen molar-refractivity contribution in [3.63, 3.8) is 0 Å². The predicted molar refractivity (Wildman–Crippen MR) is 65.3 cm³/mol. The summed E-state index contributed by atoms with van der Waals surface area (Å²) in [5.74, 6) is 0. The molecule has 2 aromatic rings. The first-order valence-electron chi connectivity index (χ1n) is 5.37. The van der Waals surface area contributed by atoms with E-state index in [1.54, 1.807) is 16.0 Å². The number of aryl methyl sites for hydroxylation is 2. The number of nitrogens with zero attached hydrogens (tertiary/aromatic N) is 3. The second kappa shape index (κ2) is 4.76. The minimum atomic E-state index is 0.0339. The lowest BCUT2D eigenvalue weighted by Crippen LogP contribution is -2.13. The molecule has 0 amide bonds. The maximum atomic E-state index is 6.19. The highest BCUT2D eigenvalue weighted by molar-refractivity contribution is 7.10. The number of nitrogens with two attached hydrogens (primary N) is 1. The van der Waals surface area contributed by atoms with Gasteiger partial charge in [-0.3, -0.25) is 4.68 Å². The van der Waals surface area contributed by atoms with E-state index in [4.69, 9.17) is 5.73 Å². The molecule has 86 valence electrons. The molecule has 0 radical (unpaired) electrons. The van der Waals surface area contributed by atoms with Gasteiger partial charge in [-0.2, -0.15) is 0 Å². The summed E-state index contributed by atoms with van der Waals surface area (Å²) in [5.41, 5.74) is 8.49. The molecule has 0 saturated carbocycles. The van der Waals surface area contributed by atoms with Crippen LogP contribution in [0.25, 0.3) is 0 Å². The lowest BCUT2D eigenvalue weighted by Gasteiger charge is -2.09. The molecular weight excluding hydrogens is 220 g/mol. The summed E-state index contributed by atoms with van der Waals surface area (Å²) in [6, 6.07) is 2.18. The maximum absolute atomic E-state index is 6.19. The number of aromatic nitrogens is 3. The summed E-state index contributed by atoms with van der Waals surface area (Å²) in [6.45, 7) is 2.15. The first-order valence-corrected chi connectivity index (χ1v) is 6.25. The number of thiophene rings is 1. The third-order valence-corrected chi connectivity index (χ3v) is 3.67. The first kappa shape index (κ1) is 11.3. The van der Waals surface area contributed by atoms with Gasteiger partial charge in [0.25, 0.3) is 0 Å². The van der Waals surface area contributed by atoms with Crippen molar-refractivity contribution in [2.45, 2.75) is 25.8 Å². The van der Waals surface area contributed by atoms with E-state index in [0.29, 0.717) is 0 Å². The molecule has 0 saturated heterocycles. The van der Waals surface area contributed by atoms with Crippen molar-refractivity contribution in [3.05, 3.63) is 33.8 Å². The van der Waals surface area contributed by atoms with Gasteiger partial charge in [-0.25, -0.2) is 0 Å².